The van der Waals surface area contributed by atoms with Gasteiger partial charge in [-0.25, -0.2) is 5.32 Å². The number of amidine groups is 1. The largest absolute Gasteiger partial charge is 0.278 e. The number of benzene rings is 1. The Labute approximate surface area is 98.9 Å². The van der Waals surface area contributed by atoms with Gasteiger partial charge in [-0.15, -0.1) is 0 Å². The van der Waals surface area contributed by atoms with Gasteiger partial charge in [-0.3, -0.25) is 4.99 Å². The van der Waals surface area contributed by atoms with E-state index in [-0.39, 0.29) is 0 Å². The van der Waals surface area contributed by atoms with Crippen molar-refractivity contribution < 1.29 is 4.99 Å². The molecule has 1 heterocycles. The zero-order chi connectivity index (χ0) is 10.5. The van der Waals surface area contributed by atoms with E-state index in [1.807, 2.05) is 0 Å². The lowest BCUT2D eigenvalue weighted by Crippen LogP contribution is -2.74. The van der Waals surface area contributed by atoms with Crippen LogP contribution in [0, 0.1) is 0 Å². The molecule has 1 aromatic rings. The Kier molecular flexibility index (Phi) is 3.78. The second-order valence-electron chi connectivity index (χ2n) is 3.85. The Balaban J connectivity index is 2.01. The minimum atomic E-state index is 1.10. The standard InChI is InChI=1S/C12H15BrN2/c13-10-5-7-11(8-6-10)15-12-4-2-1-3-9-14-12/h5-8H,1-4,9H2,(H,14,15)/p+1. The van der Waals surface area contributed by atoms with Gasteiger partial charge in [0.05, 0.1) is 6.54 Å². The van der Waals surface area contributed by atoms with Crippen LogP contribution in [0.25, 0.3) is 0 Å². The fraction of sp³-hybridized carbons (Fsp3) is 0.417. The SMILES string of the molecule is Brc1ccc(NC2=[NH+]CCCCC2)cc1. The Morgan fingerprint density at radius 3 is 2.67 bits per heavy atom. The molecule has 0 saturated heterocycles. The molecule has 2 rings (SSSR count). The van der Waals surface area contributed by atoms with Gasteiger partial charge in [0.2, 0.25) is 5.84 Å². The summed E-state index contributed by atoms with van der Waals surface area (Å²) in [4.78, 5) is 3.44. The lowest BCUT2D eigenvalue weighted by Gasteiger charge is -2.00. The molecule has 80 valence electrons. The zero-order valence-electron chi connectivity index (χ0n) is 8.72. The van der Waals surface area contributed by atoms with Crippen LogP contribution in [0.5, 0.6) is 0 Å². The summed E-state index contributed by atoms with van der Waals surface area (Å²) in [6.07, 6.45) is 5.03. The third kappa shape index (κ3) is 3.34. The summed E-state index contributed by atoms with van der Waals surface area (Å²) in [5, 5.41) is 3.43. The fourth-order valence-corrected chi connectivity index (χ4v) is 2.01. The van der Waals surface area contributed by atoms with E-state index in [9.17, 15) is 0 Å². The number of nitrogens with one attached hydrogen (secondary N) is 2. The first-order valence-electron chi connectivity index (χ1n) is 5.47. The topological polar surface area (TPSA) is 26.0 Å². The van der Waals surface area contributed by atoms with Crippen LogP contribution in [0.15, 0.2) is 28.7 Å². The number of halogens is 1. The Bertz CT molecular complexity index is 343. The highest BCUT2D eigenvalue weighted by molar-refractivity contribution is 9.10. The van der Waals surface area contributed by atoms with E-state index in [4.69, 9.17) is 0 Å². The summed E-state index contributed by atoms with van der Waals surface area (Å²) in [7, 11) is 0. The van der Waals surface area contributed by atoms with Crippen molar-refractivity contribution in [2.45, 2.75) is 25.7 Å². The predicted octanol–water partition coefficient (Wildman–Crippen LogP) is 1.91. The van der Waals surface area contributed by atoms with Crippen molar-refractivity contribution in [1.29, 1.82) is 0 Å². The molecule has 0 radical (unpaired) electrons. The average molecular weight is 268 g/mol. The summed E-state index contributed by atoms with van der Waals surface area (Å²) >= 11 is 3.43. The van der Waals surface area contributed by atoms with E-state index in [0.29, 0.717) is 0 Å². The molecule has 0 saturated carbocycles. The van der Waals surface area contributed by atoms with Crippen molar-refractivity contribution >= 4 is 27.5 Å². The van der Waals surface area contributed by atoms with Gasteiger partial charge in [-0.1, -0.05) is 15.9 Å². The van der Waals surface area contributed by atoms with Gasteiger partial charge in [0.25, 0.3) is 0 Å². The highest BCUT2D eigenvalue weighted by Crippen LogP contribution is 2.14. The molecule has 2 N–H and O–H groups in total. The maximum atomic E-state index is 3.44. The number of hydrogen-bond acceptors (Lipinski definition) is 1. The molecule has 1 aromatic carbocycles. The van der Waals surface area contributed by atoms with Crippen molar-refractivity contribution in [3.8, 4) is 0 Å². The molecule has 1 aliphatic rings. The molecule has 0 aromatic heterocycles. The zero-order valence-corrected chi connectivity index (χ0v) is 10.3. The van der Waals surface area contributed by atoms with Crippen LogP contribution in [-0.4, -0.2) is 12.4 Å². The van der Waals surface area contributed by atoms with E-state index in [0.717, 1.165) is 23.1 Å². The molecule has 0 aliphatic carbocycles. The molecular formula is C12H16BrN2+. The molecule has 15 heavy (non-hydrogen) atoms. The summed E-state index contributed by atoms with van der Waals surface area (Å²) in [6.45, 7) is 1.10. The first-order valence-corrected chi connectivity index (χ1v) is 6.26. The first-order chi connectivity index (χ1) is 7.34. The minimum absolute atomic E-state index is 1.10. The number of rotatable bonds is 1. The van der Waals surface area contributed by atoms with Gasteiger partial charge >= 0.3 is 0 Å². The monoisotopic (exact) mass is 267 g/mol. The van der Waals surface area contributed by atoms with Crippen molar-refractivity contribution in [1.82, 2.24) is 0 Å². The molecule has 0 unspecified atom stereocenters. The maximum Gasteiger partial charge on any atom is 0.247 e. The Hall–Kier alpha value is -0.830. The molecule has 0 spiro atoms. The van der Waals surface area contributed by atoms with Gasteiger partial charge in [0, 0.05) is 10.9 Å². The smallest absolute Gasteiger partial charge is 0.247 e. The van der Waals surface area contributed by atoms with E-state index >= 15 is 0 Å². The highest BCUT2D eigenvalue weighted by atomic mass is 79.9. The lowest BCUT2D eigenvalue weighted by molar-refractivity contribution is -0.457. The van der Waals surface area contributed by atoms with Gasteiger partial charge < -0.3 is 0 Å². The lowest BCUT2D eigenvalue weighted by atomic mass is 10.2. The molecular weight excluding hydrogens is 252 g/mol. The van der Waals surface area contributed by atoms with Crippen LogP contribution >= 0.6 is 15.9 Å². The van der Waals surface area contributed by atoms with E-state index in [2.05, 4.69) is 50.5 Å². The molecule has 0 atom stereocenters. The third-order valence-corrected chi connectivity index (χ3v) is 3.11. The number of hydrogen-bond donors (Lipinski definition) is 2. The van der Waals surface area contributed by atoms with Crippen LogP contribution < -0.4 is 10.3 Å². The van der Waals surface area contributed by atoms with E-state index in [1.165, 1.54) is 25.1 Å². The maximum absolute atomic E-state index is 3.44. The predicted molar refractivity (Wildman–Crippen MR) is 67.1 cm³/mol. The minimum Gasteiger partial charge on any atom is -0.278 e. The summed E-state index contributed by atoms with van der Waals surface area (Å²) in [6, 6.07) is 8.28. The van der Waals surface area contributed by atoms with Crippen LogP contribution in [0.3, 0.4) is 0 Å². The van der Waals surface area contributed by atoms with Crippen molar-refractivity contribution in [3.63, 3.8) is 0 Å². The molecule has 0 fully saturated rings. The molecule has 0 amide bonds. The molecule has 0 bridgehead atoms. The van der Waals surface area contributed by atoms with Crippen molar-refractivity contribution in [3.05, 3.63) is 28.7 Å². The average Bonchev–Trinajstić information content (AvgIpc) is 2.50. The van der Waals surface area contributed by atoms with Gasteiger partial charge in [-0.05, 0) is 43.5 Å². The highest BCUT2D eigenvalue weighted by Gasteiger charge is 2.10. The van der Waals surface area contributed by atoms with Gasteiger partial charge in [0.1, 0.15) is 5.69 Å². The summed E-state index contributed by atoms with van der Waals surface area (Å²) in [5.74, 6) is 1.26. The van der Waals surface area contributed by atoms with Crippen LogP contribution in [-0.2, 0) is 0 Å². The quantitative estimate of drug-likeness (QED) is 0.799. The summed E-state index contributed by atoms with van der Waals surface area (Å²) < 4.78 is 1.12. The van der Waals surface area contributed by atoms with Gasteiger partial charge in [0.15, 0.2) is 0 Å². The van der Waals surface area contributed by atoms with E-state index in [1.54, 1.807) is 0 Å². The summed E-state index contributed by atoms with van der Waals surface area (Å²) in [5.41, 5.74) is 1.16. The van der Waals surface area contributed by atoms with Crippen LogP contribution in [0.2, 0.25) is 0 Å². The van der Waals surface area contributed by atoms with Crippen molar-refractivity contribution in [2.24, 2.45) is 0 Å². The molecule has 3 heteroatoms. The van der Waals surface area contributed by atoms with Gasteiger partial charge in [-0.2, -0.15) is 0 Å². The normalized spacial score (nSPS) is 16.7. The Morgan fingerprint density at radius 1 is 1.07 bits per heavy atom. The first kappa shape index (κ1) is 10.7. The molecule has 2 nitrogen and oxygen atoms in total. The fourth-order valence-electron chi connectivity index (χ4n) is 1.75. The second kappa shape index (κ2) is 5.31. The van der Waals surface area contributed by atoms with Crippen LogP contribution in [0.1, 0.15) is 25.7 Å². The van der Waals surface area contributed by atoms with Crippen LogP contribution in [0.4, 0.5) is 5.69 Å². The second-order valence-corrected chi connectivity index (χ2v) is 4.76. The molecule has 1 aliphatic heterocycles. The van der Waals surface area contributed by atoms with Crippen molar-refractivity contribution in [2.75, 3.05) is 11.9 Å². The Morgan fingerprint density at radius 2 is 1.87 bits per heavy atom. The number of anilines is 1. The van der Waals surface area contributed by atoms with E-state index < -0.39 is 0 Å². The third-order valence-electron chi connectivity index (χ3n) is 2.58.